The van der Waals surface area contributed by atoms with Gasteiger partial charge in [0, 0.05) is 49.3 Å². The second kappa shape index (κ2) is 8.93. The number of carbonyl (C=O) groups is 2. The lowest BCUT2D eigenvalue weighted by Crippen LogP contribution is -2.43. The van der Waals surface area contributed by atoms with Crippen LogP contribution in [-0.2, 0) is 16.0 Å². The quantitative estimate of drug-likeness (QED) is 0.802. The smallest absolute Gasteiger partial charge is 0.227 e. The highest BCUT2D eigenvalue weighted by molar-refractivity contribution is 7.08. The molecule has 3 heterocycles. The van der Waals surface area contributed by atoms with E-state index in [0.717, 1.165) is 31.4 Å². The van der Waals surface area contributed by atoms with E-state index < -0.39 is 0 Å². The molecule has 0 spiro atoms. The molecule has 3 rings (SSSR count). The van der Waals surface area contributed by atoms with Crippen molar-refractivity contribution in [3.63, 3.8) is 0 Å². The minimum atomic E-state index is 0.0229. The third-order valence-electron chi connectivity index (χ3n) is 4.57. The molecule has 0 bridgehead atoms. The summed E-state index contributed by atoms with van der Waals surface area (Å²) in [7, 11) is 0. The predicted octanol–water partition coefficient (Wildman–Crippen LogP) is 2.50. The number of nitrogens with one attached hydrogen (secondary N) is 1. The molecule has 1 N–H and O–H groups in total. The molecule has 2 aromatic heterocycles. The Balaban J connectivity index is 1.43. The molecule has 0 aliphatic carbocycles. The van der Waals surface area contributed by atoms with Gasteiger partial charge in [0.15, 0.2) is 0 Å². The second-order valence-electron chi connectivity index (χ2n) is 6.47. The normalized spacial score (nSPS) is 15.2. The van der Waals surface area contributed by atoms with Crippen molar-refractivity contribution < 1.29 is 14.1 Å². The summed E-state index contributed by atoms with van der Waals surface area (Å²) in [6.07, 6.45) is 3.17. The molecule has 26 heavy (non-hydrogen) atoms. The van der Waals surface area contributed by atoms with Crippen molar-refractivity contribution in [3.05, 3.63) is 22.7 Å². The van der Waals surface area contributed by atoms with Gasteiger partial charge in [0.2, 0.25) is 23.5 Å². The number of hydrogen-bond acceptors (Lipinski definition) is 6. The Labute approximate surface area is 156 Å². The van der Waals surface area contributed by atoms with Crippen LogP contribution in [0.5, 0.6) is 0 Å². The van der Waals surface area contributed by atoms with Crippen LogP contribution in [0.1, 0.15) is 38.5 Å². The van der Waals surface area contributed by atoms with Crippen molar-refractivity contribution >= 4 is 23.2 Å². The van der Waals surface area contributed by atoms with Crippen molar-refractivity contribution in [3.8, 4) is 11.4 Å². The number of nitrogens with zero attached hydrogens (tertiary/aromatic N) is 3. The van der Waals surface area contributed by atoms with Crippen LogP contribution < -0.4 is 5.32 Å². The summed E-state index contributed by atoms with van der Waals surface area (Å²) in [5.74, 6) is 1.26. The fraction of sp³-hybridized carbons (Fsp3) is 0.556. The highest BCUT2D eigenvalue weighted by Crippen LogP contribution is 2.20. The van der Waals surface area contributed by atoms with Crippen LogP contribution in [0.15, 0.2) is 21.3 Å². The van der Waals surface area contributed by atoms with Gasteiger partial charge in [0.1, 0.15) is 0 Å². The maximum atomic E-state index is 12.4. The largest absolute Gasteiger partial charge is 0.356 e. The van der Waals surface area contributed by atoms with E-state index in [9.17, 15) is 9.59 Å². The zero-order chi connectivity index (χ0) is 18.4. The minimum Gasteiger partial charge on any atom is -0.356 e. The van der Waals surface area contributed by atoms with E-state index >= 15 is 0 Å². The molecule has 0 unspecified atom stereocenters. The first-order chi connectivity index (χ1) is 12.7. The molecule has 0 aromatic carbocycles. The number of piperidine rings is 1. The van der Waals surface area contributed by atoms with Gasteiger partial charge in [-0.15, -0.1) is 0 Å². The first-order valence-corrected chi connectivity index (χ1v) is 10.0. The van der Waals surface area contributed by atoms with Crippen LogP contribution in [-0.4, -0.2) is 46.5 Å². The summed E-state index contributed by atoms with van der Waals surface area (Å²) in [6, 6.07) is 1.94. The van der Waals surface area contributed by atoms with Crippen LogP contribution in [0.25, 0.3) is 11.4 Å². The molecule has 0 atom stereocenters. The Kier molecular flexibility index (Phi) is 6.38. The average molecular weight is 376 g/mol. The maximum absolute atomic E-state index is 12.4. The number of hydrogen-bond donors (Lipinski definition) is 1. The SMILES string of the molecule is CCCNC(=O)C1CCN(C(=O)CCc2nc(-c3ccsc3)no2)CC1. The summed E-state index contributed by atoms with van der Waals surface area (Å²) < 4.78 is 5.23. The number of amides is 2. The fourth-order valence-electron chi connectivity index (χ4n) is 3.02. The Morgan fingerprint density at radius 2 is 2.19 bits per heavy atom. The molecule has 1 aliphatic heterocycles. The molecular weight excluding hydrogens is 352 g/mol. The third-order valence-corrected chi connectivity index (χ3v) is 5.25. The van der Waals surface area contributed by atoms with Gasteiger partial charge in [-0.3, -0.25) is 9.59 Å². The lowest BCUT2D eigenvalue weighted by atomic mass is 9.95. The number of aromatic nitrogens is 2. The fourth-order valence-corrected chi connectivity index (χ4v) is 3.66. The van der Waals surface area contributed by atoms with Crippen molar-refractivity contribution in [1.82, 2.24) is 20.4 Å². The number of aryl methyl sites for hydroxylation is 1. The number of thiophene rings is 1. The summed E-state index contributed by atoms with van der Waals surface area (Å²) in [4.78, 5) is 30.6. The summed E-state index contributed by atoms with van der Waals surface area (Å²) in [5.41, 5.74) is 0.930. The van der Waals surface area contributed by atoms with Gasteiger partial charge < -0.3 is 14.7 Å². The van der Waals surface area contributed by atoms with Crippen LogP contribution in [0.2, 0.25) is 0 Å². The zero-order valence-corrected chi connectivity index (χ0v) is 15.8. The summed E-state index contributed by atoms with van der Waals surface area (Å²) in [5, 5.41) is 10.8. The predicted molar refractivity (Wildman–Crippen MR) is 98.5 cm³/mol. The number of rotatable bonds is 7. The van der Waals surface area contributed by atoms with Gasteiger partial charge in [-0.1, -0.05) is 12.1 Å². The maximum Gasteiger partial charge on any atom is 0.227 e. The molecule has 1 aliphatic rings. The standard InChI is InChI=1S/C18H24N4O3S/c1-2-8-19-18(24)13-5-9-22(10-6-13)16(23)4-3-15-20-17(21-25-15)14-7-11-26-12-14/h7,11-13H,2-6,8-10H2,1H3,(H,19,24). The highest BCUT2D eigenvalue weighted by atomic mass is 32.1. The van der Waals surface area contributed by atoms with E-state index in [1.54, 1.807) is 11.3 Å². The van der Waals surface area contributed by atoms with Crippen LogP contribution in [0.3, 0.4) is 0 Å². The molecule has 1 fully saturated rings. The Bertz CT molecular complexity index is 721. The van der Waals surface area contributed by atoms with Crippen LogP contribution in [0, 0.1) is 5.92 Å². The molecule has 1 saturated heterocycles. The zero-order valence-electron chi connectivity index (χ0n) is 14.9. The van der Waals surface area contributed by atoms with Gasteiger partial charge in [-0.05, 0) is 30.7 Å². The van der Waals surface area contributed by atoms with Crippen molar-refractivity contribution in [2.75, 3.05) is 19.6 Å². The first-order valence-electron chi connectivity index (χ1n) is 9.08. The van der Waals surface area contributed by atoms with Crippen molar-refractivity contribution in [2.45, 2.75) is 39.0 Å². The summed E-state index contributed by atoms with van der Waals surface area (Å²) in [6.45, 7) is 4.02. The van der Waals surface area contributed by atoms with Gasteiger partial charge in [0.05, 0.1) is 0 Å². The third kappa shape index (κ3) is 4.69. The van der Waals surface area contributed by atoms with E-state index in [2.05, 4.69) is 15.5 Å². The van der Waals surface area contributed by atoms with Crippen LogP contribution in [0.4, 0.5) is 0 Å². The van der Waals surface area contributed by atoms with E-state index in [4.69, 9.17) is 4.52 Å². The molecule has 0 radical (unpaired) electrons. The molecule has 2 amide bonds. The lowest BCUT2D eigenvalue weighted by molar-refractivity contribution is -0.135. The van der Waals surface area contributed by atoms with Crippen molar-refractivity contribution in [1.29, 1.82) is 0 Å². The van der Waals surface area contributed by atoms with Gasteiger partial charge in [0.25, 0.3) is 0 Å². The molecule has 140 valence electrons. The monoisotopic (exact) mass is 376 g/mol. The van der Waals surface area contributed by atoms with Gasteiger partial charge >= 0.3 is 0 Å². The lowest BCUT2D eigenvalue weighted by Gasteiger charge is -2.31. The van der Waals surface area contributed by atoms with E-state index in [-0.39, 0.29) is 17.7 Å². The number of likely N-dealkylation sites (tertiary alicyclic amines) is 1. The Hall–Kier alpha value is -2.22. The molecular formula is C18H24N4O3S. The first kappa shape index (κ1) is 18.6. The minimum absolute atomic E-state index is 0.0229. The molecule has 0 saturated carbocycles. The summed E-state index contributed by atoms with van der Waals surface area (Å²) >= 11 is 1.58. The van der Waals surface area contributed by atoms with E-state index in [1.165, 1.54) is 0 Å². The van der Waals surface area contributed by atoms with E-state index in [1.807, 2.05) is 28.7 Å². The van der Waals surface area contributed by atoms with Gasteiger partial charge in [-0.2, -0.15) is 16.3 Å². The average Bonchev–Trinajstić information content (AvgIpc) is 3.35. The molecule has 7 nitrogen and oxygen atoms in total. The highest BCUT2D eigenvalue weighted by Gasteiger charge is 2.27. The van der Waals surface area contributed by atoms with Crippen molar-refractivity contribution in [2.24, 2.45) is 5.92 Å². The Morgan fingerprint density at radius 3 is 2.88 bits per heavy atom. The Morgan fingerprint density at radius 1 is 1.38 bits per heavy atom. The van der Waals surface area contributed by atoms with Crippen LogP contribution >= 0.6 is 11.3 Å². The van der Waals surface area contributed by atoms with Gasteiger partial charge in [-0.25, -0.2) is 0 Å². The van der Waals surface area contributed by atoms with E-state index in [0.29, 0.717) is 37.6 Å². The second-order valence-corrected chi connectivity index (χ2v) is 7.25. The number of carbonyl (C=O) groups excluding carboxylic acids is 2. The topological polar surface area (TPSA) is 88.3 Å². The molecule has 2 aromatic rings. The molecule has 8 heteroatoms.